The Hall–Kier alpha value is -2.22. The number of nitrogens with one attached hydrogen (secondary N) is 2. The maximum Gasteiger partial charge on any atom is 0.408 e. The van der Waals surface area contributed by atoms with Gasteiger partial charge in [-0.1, -0.05) is 44.2 Å². The minimum Gasteiger partial charge on any atom is -0.480 e. The van der Waals surface area contributed by atoms with Crippen molar-refractivity contribution in [2.24, 2.45) is 5.92 Å². The van der Waals surface area contributed by atoms with E-state index in [0.29, 0.717) is 12.2 Å². The molecular formula is C18H26N2O5S. The van der Waals surface area contributed by atoms with Crippen molar-refractivity contribution in [1.82, 2.24) is 10.6 Å². The molecule has 8 heteroatoms. The Bertz CT molecular complexity index is 595. The van der Waals surface area contributed by atoms with E-state index in [1.54, 1.807) is 13.8 Å². The molecule has 0 saturated heterocycles. The average molecular weight is 382 g/mol. The summed E-state index contributed by atoms with van der Waals surface area (Å²) in [7, 11) is 0. The number of amides is 2. The van der Waals surface area contributed by atoms with Crippen LogP contribution in [-0.4, -0.2) is 47.2 Å². The smallest absolute Gasteiger partial charge is 0.408 e. The lowest BCUT2D eigenvalue weighted by atomic mass is 10.0. The fraction of sp³-hybridized carbons (Fsp3) is 0.500. The van der Waals surface area contributed by atoms with Crippen LogP contribution < -0.4 is 10.6 Å². The average Bonchev–Trinajstić information content (AvgIpc) is 2.61. The lowest BCUT2D eigenvalue weighted by Crippen LogP contribution is -2.53. The van der Waals surface area contributed by atoms with Crippen molar-refractivity contribution in [3.63, 3.8) is 0 Å². The van der Waals surface area contributed by atoms with Gasteiger partial charge in [0.1, 0.15) is 18.7 Å². The van der Waals surface area contributed by atoms with Gasteiger partial charge in [-0.15, -0.1) is 0 Å². The van der Waals surface area contributed by atoms with Gasteiger partial charge in [-0.3, -0.25) is 4.79 Å². The molecule has 26 heavy (non-hydrogen) atoms. The van der Waals surface area contributed by atoms with Crippen LogP contribution in [0.2, 0.25) is 0 Å². The highest BCUT2D eigenvalue weighted by atomic mass is 32.2. The lowest BCUT2D eigenvalue weighted by molar-refractivity contribution is -0.142. The number of carbonyl (C=O) groups excluding carboxylic acids is 2. The lowest BCUT2D eigenvalue weighted by Gasteiger charge is -2.23. The summed E-state index contributed by atoms with van der Waals surface area (Å²) in [5.41, 5.74) is 0.830. The molecule has 0 heterocycles. The number of hydrogen-bond donors (Lipinski definition) is 3. The van der Waals surface area contributed by atoms with E-state index in [9.17, 15) is 19.5 Å². The maximum atomic E-state index is 12.4. The molecule has 0 aliphatic carbocycles. The summed E-state index contributed by atoms with van der Waals surface area (Å²) in [6.45, 7) is 3.61. The molecule has 7 nitrogen and oxygen atoms in total. The summed E-state index contributed by atoms with van der Waals surface area (Å²) in [6, 6.07) is 7.31. The van der Waals surface area contributed by atoms with Crippen molar-refractivity contribution in [3.8, 4) is 0 Å². The van der Waals surface area contributed by atoms with E-state index in [0.717, 1.165) is 5.56 Å². The SMILES string of the molecule is CSCCC(NC(=O)C(NC(=O)OCc1ccccc1)C(C)C)C(=O)O. The quantitative estimate of drug-likeness (QED) is 0.573. The Morgan fingerprint density at radius 1 is 1.15 bits per heavy atom. The fourth-order valence-corrected chi connectivity index (χ4v) is 2.65. The first-order chi connectivity index (χ1) is 12.3. The van der Waals surface area contributed by atoms with Crippen LogP contribution in [-0.2, 0) is 20.9 Å². The number of hydrogen-bond acceptors (Lipinski definition) is 5. The Morgan fingerprint density at radius 3 is 2.35 bits per heavy atom. The number of carboxylic acid groups (broad SMARTS) is 1. The number of benzene rings is 1. The fourth-order valence-electron chi connectivity index (χ4n) is 2.18. The monoisotopic (exact) mass is 382 g/mol. The molecule has 0 saturated carbocycles. The molecule has 0 aliphatic heterocycles. The summed E-state index contributed by atoms with van der Waals surface area (Å²) < 4.78 is 5.13. The van der Waals surface area contributed by atoms with Crippen LogP contribution in [0.5, 0.6) is 0 Å². The first kappa shape index (κ1) is 21.8. The van der Waals surface area contributed by atoms with Crippen molar-refractivity contribution in [2.75, 3.05) is 12.0 Å². The predicted octanol–water partition coefficient (Wildman–Crippen LogP) is 2.26. The van der Waals surface area contributed by atoms with Crippen LogP contribution in [0.25, 0.3) is 0 Å². The first-order valence-corrected chi connectivity index (χ1v) is 9.73. The third-order valence-corrected chi connectivity index (χ3v) is 4.30. The second kappa shape index (κ2) is 11.4. The van der Waals surface area contributed by atoms with Gasteiger partial charge in [0.25, 0.3) is 0 Å². The number of carbonyl (C=O) groups is 3. The molecule has 144 valence electrons. The van der Waals surface area contributed by atoms with E-state index in [4.69, 9.17) is 4.74 Å². The van der Waals surface area contributed by atoms with Crippen molar-refractivity contribution in [1.29, 1.82) is 0 Å². The molecule has 1 rings (SSSR count). The summed E-state index contributed by atoms with van der Waals surface area (Å²) >= 11 is 1.50. The van der Waals surface area contributed by atoms with Crippen molar-refractivity contribution < 1.29 is 24.2 Å². The second-order valence-electron chi connectivity index (χ2n) is 6.11. The highest BCUT2D eigenvalue weighted by Crippen LogP contribution is 2.07. The second-order valence-corrected chi connectivity index (χ2v) is 7.09. The molecule has 2 atom stereocenters. The molecule has 2 amide bonds. The highest BCUT2D eigenvalue weighted by molar-refractivity contribution is 7.98. The number of aliphatic carboxylic acids is 1. The Morgan fingerprint density at radius 2 is 1.81 bits per heavy atom. The van der Waals surface area contributed by atoms with Gasteiger partial charge in [0, 0.05) is 0 Å². The van der Waals surface area contributed by atoms with Crippen LogP contribution in [0.3, 0.4) is 0 Å². The Kier molecular flexibility index (Phi) is 9.57. The van der Waals surface area contributed by atoms with Gasteiger partial charge in [-0.05, 0) is 29.9 Å². The van der Waals surface area contributed by atoms with Crippen LogP contribution in [0.1, 0.15) is 25.8 Å². The molecule has 0 spiro atoms. The highest BCUT2D eigenvalue weighted by Gasteiger charge is 2.28. The predicted molar refractivity (Wildman–Crippen MR) is 101 cm³/mol. The largest absolute Gasteiger partial charge is 0.480 e. The van der Waals surface area contributed by atoms with Crippen molar-refractivity contribution in [3.05, 3.63) is 35.9 Å². The normalized spacial score (nSPS) is 12.9. The zero-order valence-corrected chi connectivity index (χ0v) is 16.0. The molecule has 1 aromatic rings. The third kappa shape index (κ3) is 7.77. The van der Waals surface area contributed by atoms with Crippen LogP contribution in [0.15, 0.2) is 30.3 Å². The molecule has 1 aromatic carbocycles. The van der Waals surface area contributed by atoms with E-state index in [1.807, 2.05) is 36.6 Å². The zero-order chi connectivity index (χ0) is 19.5. The van der Waals surface area contributed by atoms with Crippen LogP contribution >= 0.6 is 11.8 Å². The zero-order valence-electron chi connectivity index (χ0n) is 15.2. The van der Waals surface area contributed by atoms with Gasteiger partial charge >= 0.3 is 12.1 Å². The molecule has 3 N–H and O–H groups in total. The molecule has 0 fully saturated rings. The standard InChI is InChI=1S/C18H26N2O5S/c1-12(2)15(16(21)19-14(17(22)23)9-10-26-3)20-18(24)25-11-13-7-5-4-6-8-13/h4-8,12,14-15H,9-11H2,1-3H3,(H,19,21)(H,20,24)(H,22,23). The summed E-state index contributed by atoms with van der Waals surface area (Å²) in [6.07, 6.45) is 1.45. The number of thioether (sulfide) groups is 1. The van der Waals surface area contributed by atoms with Gasteiger partial charge < -0.3 is 20.5 Å². The molecule has 0 aliphatic rings. The van der Waals surface area contributed by atoms with E-state index < -0.39 is 30.1 Å². The summed E-state index contributed by atoms with van der Waals surface area (Å²) in [5, 5.41) is 14.2. The first-order valence-electron chi connectivity index (χ1n) is 8.34. The minimum absolute atomic E-state index is 0.0879. The van der Waals surface area contributed by atoms with Crippen LogP contribution in [0.4, 0.5) is 4.79 Å². The molecule has 2 unspecified atom stereocenters. The van der Waals surface area contributed by atoms with Crippen molar-refractivity contribution in [2.45, 2.75) is 39.0 Å². The molecule has 0 aromatic heterocycles. The Labute approximate surface area is 157 Å². The third-order valence-electron chi connectivity index (χ3n) is 3.66. The maximum absolute atomic E-state index is 12.4. The van der Waals surface area contributed by atoms with Gasteiger partial charge in [-0.2, -0.15) is 11.8 Å². The van der Waals surface area contributed by atoms with Gasteiger partial charge in [0.15, 0.2) is 0 Å². The van der Waals surface area contributed by atoms with Gasteiger partial charge in [0.2, 0.25) is 5.91 Å². The Balaban J connectivity index is 2.61. The number of carboxylic acids is 1. The van der Waals surface area contributed by atoms with Gasteiger partial charge in [0.05, 0.1) is 0 Å². The van der Waals surface area contributed by atoms with E-state index in [1.165, 1.54) is 11.8 Å². The van der Waals surface area contributed by atoms with E-state index in [2.05, 4.69) is 10.6 Å². The summed E-state index contributed by atoms with van der Waals surface area (Å²) in [4.78, 5) is 35.7. The molecule has 0 bridgehead atoms. The van der Waals surface area contributed by atoms with E-state index in [-0.39, 0.29) is 12.5 Å². The topological polar surface area (TPSA) is 105 Å². The number of ether oxygens (including phenoxy) is 1. The number of rotatable bonds is 10. The van der Waals surface area contributed by atoms with Gasteiger partial charge in [-0.25, -0.2) is 9.59 Å². The molecule has 0 radical (unpaired) electrons. The minimum atomic E-state index is -1.10. The summed E-state index contributed by atoms with van der Waals surface area (Å²) in [5.74, 6) is -1.25. The number of alkyl carbamates (subject to hydrolysis) is 1. The molecular weight excluding hydrogens is 356 g/mol. The van der Waals surface area contributed by atoms with E-state index >= 15 is 0 Å². The van der Waals surface area contributed by atoms with Crippen LogP contribution in [0, 0.1) is 5.92 Å². The van der Waals surface area contributed by atoms with Crippen molar-refractivity contribution >= 4 is 29.7 Å².